The number of hydrogen-bond donors (Lipinski definition) is 0. The van der Waals surface area contributed by atoms with E-state index >= 15 is 0 Å². The zero-order valence-electron chi connectivity index (χ0n) is 17.0. The number of aromatic nitrogens is 1. The lowest BCUT2D eigenvalue weighted by molar-refractivity contribution is 0.386. The van der Waals surface area contributed by atoms with Crippen LogP contribution in [0.5, 0.6) is 11.5 Å². The molecule has 5 nitrogen and oxygen atoms in total. The second-order valence-corrected chi connectivity index (χ2v) is 9.61. The Kier molecular flexibility index (Phi) is 4.94. The minimum absolute atomic E-state index is 0.641. The van der Waals surface area contributed by atoms with E-state index in [9.17, 15) is 0 Å². The maximum absolute atomic E-state index is 6.25. The van der Waals surface area contributed by atoms with Gasteiger partial charge in [-0.05, 0) is 48.5 Å². The van der Waals surface area contributed by atoms with Gasteiger partial charge in [0.25, 0.3) is 0 Å². The third-order valence-corrected chi connectivity index (χ3v) is 7.25. The number of piperazine rings is 1. The Bertz CT molecular complexity index is 1360. The Morgan fingerprint density at radius 3 is 2.44 bits per heavy atom. The van der Waals surface area contributed by atoms with Crippen molar-refractivity contribution in [3.63, 3.8) is 0 Å². The van der Waals surface area contributed by atoms with Crippen LogP contribution in [-0.2, 0) is 0 Å². The first-order valence-corrected chi connectivity index (χ1v) is 11.9. The first kappa shape index (κ1) is 19.9. The normalized spacial score (nSPS) is 15.6. The van der Waals surface area contributed by atoms with E-state index in [1.165, 1.54) is 0 Å². The van der Waals surface area contributed by atoms with Crippen molar-refractivity contribution in [2.45, 2.75) is 0 Å². The lowest BCUT2D eigenvalue weighted by Crippen LogP contribution is -2.49. The molecule has 8 heteroatoms. The first-order chi connectivity index (χ1) is 15.6. The average Bonchev–Trinajstić information content (AvgIpc) is 3.15. The quantitative estimate of drug-likeness (QED) is 0.307. The van der Waals surface area contributed by atoms with E-state index in [2.05, 4.69) is 15.9 Å². The number of para-hydroxylation sites is 1. The molecule has 32 heavy (non-hydrogen) atoms. The molecule has 0 bridgehead atoms. The number of halogens is 2. The molecule has 3 heterocycles. The number of hydrogen-bond acceptors (Lipinski definition) is 6. The molecular formula is C24H18Cl2N4OS. The van der Waals surface area contributed by atoms with Gasteiger partial charge in [0.1, 0.15) is 17.3 Å². The van der Waals surface area contributed by atoms with Crippen molar-refractivity contribution >= 4 is 61.4 Å². The molecule has 1 aromatic heterocycles. The van der Waals surface area contributed by atoms with Crippen molar-refractivity contribution in [1.82, 2.24) is 9.88 Å². The Morgan fingerprint density at radius 2 is 1.56 bits per heavy atom. The van der Waals surface area contributed by atoms with Gasteiger partial charge in [0.2, 0.25) is 0 Å². The largest absolute Gasteiger partial charge is 0.454 e. The van der Waals surface area contributed by atoms with Crippen molar-refractivity contribution in [2.24, 2.45) is 4.99 Å². The molecule has 0 unspecified atom stereocenters. The summed E-state index contributed by atoms with van der Waals surface area (Å²) in [5, 5.41) is 2.39. The van der Waals surface area contributed by atoms with Crippen LogP contribution in [0, 0.1) is 0 Å². The third-order valence-electron chi connectivity index (χ3n) is 5.68. The highest BCUT2D eigenvalue weighted by Gasteiger charge is 2.27. The predicted octanol–water partition coefficient (Wildman–Crippen LogP) is 6.61. The van der Waals surface area contributed by atoms with E-state index in [1.807, 2.05) is 54.6 Å². The van der Waals surface area contributed by atoms with Crippen LogP contribution in [0.4, 0.5) is 10.8 Å². The van der Waals surface area contributed by atoms with E-state index < -0.39 is 0 Å². The lowest BCUT2D eigenvalue weighted by Gasteiger charge is -2.36. The summed E-state index contributed by atoms with van der Waals surface area (Å²) in [6.07, 6.45) is 0. The average molecular weight is 481 g/mol. The van der Waals surface area contributed by atoms with Crippen molar-refractivity contribution in [1.29, 1.82) is 0 Å². The van der Waals surface area contributed by atoms with Gasteiger partial charge < -0.3 is 14.5 Å². The second kappa shape index (κ2) is 7.96. The zero-order chi connectivity index (χ0) is 21.7. The summed E-state index contributed by atoms with van der Waals surface area (Å²) < 4.78 is 7.34. The number of benzene rings is 3. The van der Waals surface area contributed by atoms with E-state index in [0.29, 0.717) is 15.8 Å². The molecule has 2 aliphatic heterocycles. The molecule has 1 saturated heterocycles. The molecule has 3 aromatic carbocycles. The molecule has 0 saturated carbocycles. The van der Waals surface area contributed by atoms with Crippen molar-refractivity contribution in [3.8, 4) is 11.5 Å². The summed E-state index contributed by atoms with van der Waals surface area (Å²) in [7, 11) is 0. The summed E-state index contributed by atoms with van der Waals surface area (Å²) >= 11 is 14.1. The fourth-order valence-electron chi connectivity index (χ4n) is 4.07. The van der Waals surface area contributed by atoms with Gasteiger partial charge in [0, 0.05) is 36.2 Å². The minimum atomic E-state index is 0.641. The molecular weight excluding hydrogens is 463 g/mol. The number of fused-ring (bicyclic) bond motifs is 3. The van der Waals surface area contributed by atoms with Gasteiger partial charge in [-0.3, -0.25) is 0 Å². The number of thiazole rings is 1. The van der Waals surface area contributed by atoms with Gasteiger partial charge in [0.15, 0.2) is 10.9 Å². The van der Waals surface area contributed by atoms with Gasteiger partial charge in [-0.1, -0.05) is 46.7 Å². The topological polar surface area (TPSA) is 41.0 Å². The van der Waals surface area contributed by atoms with Crippen LogP contribution < -0.4 is 9.64 Å². The van der Waals surface area contributed by atoms with Crippen LogP contribution in [0.3, 0.4) is 0 Å². The van der Waals surface area contributed by atoms with Gasteiger partial charge >= 0.3 is 0 Å². The smallest absolute Gasteiger partial charge is 0.186 e. The Hall–Kier alpha value is -2.80. The molecule has 2 aliphatic rings. The highest BCUT2D eigenvalue weighted by Crippen LogP contribution is 2.40. The highest BCUT2D eigenvalue weighted by atomic mass is 35.5. The maximum Gasteiger partial charge on any atom is 0.186 e. The van der Waals surface area contributed by atoms with Gasteiger partial charge in [-0.2, -0.15) is 0 Å². The van der Waals surface area contributed by atoms with Crippen LogP contribution in [-0.4, -0.2) is 41.9 Å². The number of anilines is 1. The zero-order valence-corrected chi connectivity index (χ0v) is 19.3. The fourth-order valence-corrected chi connectivity index (χ4v) is 5.40. The molecule has 0 atom stereocenters. The molecule has 6 rings (SSSR count). The summed E-state index contributed by atoms with van der Waals surface area (Å²) in [4.78, 5) is 14.4. The van der Waals surface area contributed by atoms with E-state index in [0.717, 1.165) is 64.4 Å². The number of aliphatic imine (C=N–C) groups is 1. The van der Waals surface area contributed by atoms with Gasteiger partial charge in [-0.15, -0.1) is 0 Å². The standard InChI is InChI=1S/C24H18Cl2N4OS/c25-15-5-7-21-18(13-15)27-23(17-3-1-2-4-20(17)31-21)29-9-11-30(12-10-29)24-28-19-14-16(26)6-8-22(19)32-24/h1-8,13-14H,9-12H2. The van der Waals surface area contributed by atoms with Crippen molar-refractivity contribution in [2.75, 3.05) is 31.1 Å². The molecule has 160 valence electrons. The first-order valence-electron chi connectivity index (χ1n) is 10.4. The van der Waals surface area contributed by atoms with Crippen LogP contribution in [0.15, 0.2) is 65.7 Å². The number of nitrogens with zero attached hydrogens (tertiary/aromatic N) is 4. The fraction of sp³-hybridized carbons (Fsp3) is 0.167. The van der Waals surface area contributed by atoms with Gasteiger partial charge in [0.05, 0.1) is 15.8 Å². The minimum Gasteiger partial charge on any atom is -0.454 e. The Balaban J connectivity index is 1.30. The predicted molar refractivity (Wildman–Crippen MR) is 133 cm³/mol. The summed E-state index contributed by atoms with van der Waals surface area (Å²) in [6, 6.07) is 19.5. The molecule has 0 amide bonds. The van der Waals surface area contributed by atoms with Crippen LogP contribution in [0.1, 0.15) is 5.56 Å². The SMILES string of the molecule is Clc1ccc2c(c1)N=C(N1CCN(c3nc4cc(Cl)ccc4s3)CC1)c1ccccc1O2. The number of ether oxygens (including phenoxy) is 1. The molecule has 0 aliphatic carbocycles. The summed E-state index contributed by atoms with van der Waals surface area (Å²) in [5.74, 6) is 2.43. The van der Waals surface area contributed by atoms with Crippen LogP contribution in [0.2, 0.25) is 10.0 Å². The molecule has 0 radical (unpaired) electrons. The van der Waals surface area contributed by atoms with Crippen LogP contribution >= 0.6 is 34.5 Å². The van der Waals surface area contributed by atoms with Crippen LogP contribution in [0.25, 0.3) is 10.2 Å². The summed E-state index contributed by atoms with van der Waals surface area (Å²) in [6.45, 7) is 3.38. The molecule has 0 spiro atoms. The second-order valence-electron chi connectivity index (χ2n) is 7.73. The molecule has 1 fully saturated rings. The highest BCUT2D eigenvalue weighted by molar-refractivity contribution is 7.22. The monoisotopic (exact) mass is 480 g/mol. The number of amidine groups is 1. The van der Waals surface area contributed by atoms with Gasteiger partial charge in [-0.25, -0.2) is 9.98 Å². The maximum atomic E-state index is 6.25. The van der Waals surface area contributed by atoms with E-state index in [-0.39, 0.29) is 0 Å². The lowest BCUT2D eigenvalue weighted by atomic mass is 10.1. The molecule has 4 aromatic rings. The Labute approximate surface area is 199 Å². The number of rotatable bonds is 1. The van der Waals surface area contributed by atoms with Crippen molar-refractivity contribution < 1.29 is 4.74 Å². The molecule has 0 N–H and O–H groups in total. The van der Waals surface area contributed by atoms with E-state index in [1.54, 1.807) is 11.3 Å². The van der Waals surface area contributed by atoms with E-state index in [4.69, 9.17) is 37.9 Å². The van der Waals surface area contributed by atoms with Crippen molar-refractivity contribution in [3.05, 3.63) is 76.3 Å². The summed E-state index contributed by atoms with van der Waals surface area (Å²) in [5.41, 5.74) is 2.68. The Morgan fingerprint density at radius 1 is 0.812 bits per heavy atom. The third kappa shape index (κ3) is 3.58.